The van der Waals surface area contributed by atoms with Crippen LogP contribution in [0.3, 0.4) is 0 Å². The lowest BCUT2D eigenvalue weighted by atomic mass is 10.1. The fourth-order valence-electron chi connectivity index (χ4n) is 1.92. The number of nitrogen functional groups attached to an aromatic ring is 1. The topological polar surface area (TPSA) is 55.1 Å². The predicted molar refractivity (Wildman–Crippen MR) is 85.2 cm³/mol. The number of nitrogens with two attached hydrogens (primary N) is 1. The molecule has 0 atom stereocenters. The summed E-state index contributed by atoms with van der Waals surface area (Å²) in [5, 5.41) is 2.89. The van der Waals surface area contributed by atoms with Crippen LogP contribution in [0.15, 0.2) is 22.7 Å². The molecule has 0 aliphatic carbocycles. The van der Waals surface area contributed by atoms with Gasteiger partial charge < -0.3 is 11.1 Å². The third-order valence-corrected chi connectivity index (χ3v) is 3.71. The number of rotatable bonds is 8. The molecule has 3 nitrogen and oxygen atoms in total. The standard InChI is InChI=1S/C15H23BrN2O/c1-2-3-4-5-6-7-8-15(19)18-14-11-12(17)9-10-13(14)16/h9-11H,2-8,17H2,1H3,(H,18,19). The Morgan fingerprint density at radius 2 is 1.89 bits per heavy atom. The van der Waals surface area contributed by atoms with Crippen molar-refractivity contribution in [3.8, 4) is 0 Å². The van der Waals surface area contributed by atoms with Gasteiger partial charge in [-0.2, -0.15) is 0 Å². The Bertz CT molecular complexity index is 407. The smallest absolute Gasteiger partial charge is 0.224 e. The fraction of sp³-hybridized carbons (Fsp3) is 0.533. The largest absolute Gasteiger partial charge is 0.399 e. The normalized spacial score (nSPS) is 10.4. The van der Waals surface area contributed by atoms with Crippen molar-refractivity contribution >= 4 is 33.2 Å². The van der Waals surface area contributed by atoms with Gasteiger partial charge in [-0.1, -0.05) is 39.0 Å². The molecular formula is C15H23BrN2O. The molecule has 0 saturated carbocycles. The molecule has 106 valence electrons. The molecule has 3 N–H and O–H groups in total. The molecule has 0 saturated heterocycles. The molecular weight excluding hydrogens is 304 g/mol. The Hall–Kier alpha value is -1.03. The van der Waals surface area contributed by atoms with Gasteiger partial charge in [0.05, 0.1) is 5.69 Å². The molecule has 0 aromatic heterocycles. The molecule has 1 amide bonds. The van der Waals surface area contributed by atoms with Gasteiger partial charge in [-0.15, -0.1) is 0 Å². The van der Waals surface area contributed by atoms with Crippen LogP contribution in [0.1, 0.15) is 51.9 Å². The zero-order chi connectivity index (χ0) is 14.1. The molecule has 1 aromatic carbocycles. The first-order chi connectivity index (χ1) is 9.13. The molecule has 4 heteroatoms. The number of carbonyl (C=O) groups excluding carboxylic acids is 1. The summed E-state index contributed by atoms with van der Waals surface area (Å²) in [7, 11) is 0. The molecule has 0 unspecified atom stereocenters. The van der Waals surface area contributed by atoms with Crippen LogP contribution in [0, 0.1) is 0 Å². The minimum Gasteiger partial charge on any atom is -0.399 e. The molecule has 0 aliphatic rings. The first-order valence-corrected chi connectivity index (χ1v) is 7.77. The van der Waals surface area contributed by atoms with Crippen LogP contribution >= 0.6 is 15.9 Å². The van der Waals surface area contributed by atoms with Gasteiger partial charge in [0, 0.05) is 16.6 Å². The zero-order valence-electron chi connectivity index (χ0n) is 11.5. The third kappa shape index (κ3) is 6.62. The Morgan fingerprint density at radius 1 is 1.21 bits per heavy atom. The van der Waals surface area contributed by atoms with Gasteiger partial charge >= 0.3 is 0 Å². The van der Waals surface area contributed by atoms with Crippen molar-refractivity contribution in [1.82, 2.24) is 0 Å². The number of carbonyl (C=O) groups is 1. The SMILES string of the molecule is CCCCCCCCC(=O)Nc1cc(N)ccc1Br. The monoisotopic (exact) mass is 326 g/mol. The van der Waals surface area contributed by atoms with E-state index >= 15 is 0 Å². The summed E-state index contributed by atoms with van der Waals surface area (Å²) in [6, 6.07) is 5.41. The van der Waals surface area contributed by atoms with E-state index in [1.54, 1.807) is 12.1 Å². The van der Waals surface area contributed by atoms with Crippen molar-refractivity contribution < 1.29 is 4.79 Å². The van der Waals surface area contributed by atoms with E-state index in [2.05, 4.69) is 28.2 Å². The van der Waals surface area contributed by atoms with Crippen molar-refractivity contribution in [3.63, 3.8) is 0 Å². The lowest BCUT2D eigenvalue weighted by Crippen LogP contribution is -2.11. The van der Waals surface area contributed by atoms with Gasteiger partial charge in [0.15, 0.2) is 0 Å². The maximum atomic E-state index is 11.8. The lowest BCUT2D eigenvalue weighted by Gasteiger charge is -2.08. The molecule has 0 aliphatic heterocycles. The van der Waals surface area contributed by atoms with E-state index in [0.717, 1.165) is 23.0 Å². The highest BCUT2D eigenvalue weighted by Crippen LogP contribution is 2.24. The zero-order valence-corrected chi connectivity index (χ0v) is 13.1. The average Bonchev–Trinajstić information content (AvgIpc) is 2.38. The van der Waals surface area contributed by atoms with Gasteiger partial charge in [0.2, 0.25) is 5.91 Å². The number of unbranched alkanes of at least 4 members (excludes halogenated alkanes) is 5. The predicted octanol–water partition coefficient (Wildman–Crippen LogP) is 4.72. The second-order valence-corrected chi connectivity index (χ2v) is 5.66. The summed E-state index contributed by atoms with van der Waals surface area (Å²) in [6.45, 7) is 2.21. The molecule has 0 fully saturated rings. The van der Waals surface area contributed by atoms with E-state index in [0.29, 0.717) is 12.1 Å². The summed E-state index contributed by atoms with van der Waals surface area (Å²) in [5.74, 6) is 0.0572. The highest BCUT2D eigenvalue weighted by Gasteiger charge is 2.05. The van der Waals surface area contributed by atoms with Crippen molar-refractivity contribution in [2.24, 2.45) is 0 Å². The summed E-state index contributed by atoms with van der Waals surface area (Å²) >= 11 is 3.40. The molecule has 0 heterocycles. The first kappa shape index (κ1) is 16.0. The van der Waals surface area contributed by atoms with Gasteiger partial charge in [-0.3, -0.25) is 4.79 Å². The molecule has 0 spiro atoms. The molecule has 0 bridgehead atoms. The maximum absolute atomic E-state index is 11.8. The minimum absolute atomic E-state index is 0.0572. The van der Waals surface area contributed by atoms with Crippen molar-refractivity contribution in [2.45, 2.75) is 51.9 Å². The summed E-state index contributed by atoms with van der Waals surface area (Å²) in [4.78, 5) is 11.8. The minimum atomic E-state index is 0.0572. The first-order valence-electron chi connectivity index (χ1n) is 6.98. The third-order valence-electron chi connectivity index (χ3n) is 3.02. The van der Waals surface area contributed by atoms with E-state index in [-0.39, 0.29) is 5.91 Å². The Morgan fingerprint density at radius 3 is 2.63 bits per heavy atom. The summed E-state index contributed by atoms with van der Waals surface area (Å²) < 4.78 is 0.859. The van der Waals surface area contributed by atoms with Gasteiger partial charge in [-0.25, -0.2) is 0 Å². The van der Waals surface area contributed by atoms with Crippen LogP contribution in [0.2, 0.25) is 0 Å². The van der Waals surface area contributed by atoms with Crippen molar-refractivity contribution in [3.05, 3.63) is 22.7 Å². The molecule has 1 aromatic rings. The molecule has 0 radical (unpaired) electrons. The summed E-state index contributed by atoms with van der Waals surface area (Å²) in [5.41, 5.74) is 7.10. The Balaban J connectivity index is 2.25. The maximum Gasteiger partial charge on any atom is 0.224 e. The second-order valence-electron chi connectivity index (χ2n) is 4.81. The van der Waals surface area contributed by atoms with Crippen molar-refractivity contribution in [1.29, 1.82) is 0 Å². The number of nitrogens with one attached hydrogen (secondary N) is 1. The number of hydrogen-bond donors (Lipinski definition) is 2. The number of anilines is 2. The number of halogens is 1. The van der Waals surface area contributed by atoms with E-state index in [1.807, 2.05) is 6.07 Å². The van der Waals surface area contributed by atoms with Gasteiger partial charge in [-0.05, 0) is 40.5 Å². The average molecular weight is 327 g/mol. The number of hydrogen-bond acceptors (Lipinski definition) is 2. The fourth-order valence-corrected chi connectivity index (χ4v) is 2.26. The van der Waals surface area contributed by atoms with Crippen LogP contribution in [-0.4, -0.2) is 5.91 Å². The molecule has 1 rings (SSSR count). The van der Waals surface area contributed by atoms with E-state index in [9.17, 15) is 4.79 Å². The van der Waals surface area contributed by atoms with Crippen LogP contribution in [0.4, 0.5) is 11.4 Å². The van der Waals surface area contributed by atoms with E-state index in [1.165, 1.54) is 25.7 Å². The van der Waals surface area contributed by atoms with E-state index < -0.39 is 0 Å². The Kier molecular flexibility index (Phi) is 7.56. The Labute approximate surface area is 124 Å². The lowest BCUT2D eigenvalue weighted by molar-refractivity contribution is -0.116. The van der Waals surface area contributed by atoms with Crippen LogP contribution in [0.25, 0.3) is 0 Å². The highest BCUT2D eigenvalue weighted by atomic mass is 79.9. The second kappa shape index (κ2) is 8.97. The molecule has 19 heavy (non-hydrogen) atoms. The van der Waals surface area contributed by atoms with Crippen LogP contribution in [0.5, 0.6) is 0 Å². The van der Waals surface area contributed by atoms with Crippen molar-refractivity contribution in [2.75, 3.05) is 11.1 Å². The van der Waals surface area contributed by atoms with E-state index in [4.69, 9.17) is 5.73 Å². The quantitative estimate of drug-likeness (QED) is 0.536. The van der Waals surface area contributed by atoms with Crippen LogP contribution in [-0.2, 0) is 4.79 Å². The summed E-state index contributed by atoms with van der Waals surface area (Å²) in [6.07, 6.45) is 7.71. The van der Waals surface area contributed by atoms with Crippen LogP contribution < -0.4 is 11.1 Å². The highest BCUT2D eigenvalue weighted by molar-refractivity contribution is 9.10. The van der Waals surface area contributed by atoms with Gasteiger partial charge in [0.1, 0.15) is 0 Å². The van der Waals surface area contributed by atoms with Gasteiger partial charge in [0.25, 0.3) is 0 Å². The number of benzene rings is 1. The number of amides is 1.